The zero-order valence-electron chi connectivity index (χ0n) is 21.4. The Balaban J connectivity index is 1.69. The molecule has 0 atom stereocenters. The number of ether oxygens (including phenoxy) is 3. The number of amides is 1. The van der Waals surface area contributed by atoms with Gasteiger partial charge in [-0.05, 0) is 56.6 Å². The van der Waals surface area contributed by atoms with E-state index in [2.05, 4.69) is 54.5 Å². The lowest BCUT2D eigenvalue weighted by Gasteiger charge is -2.26. The number of hydrogen-bond acceptors (Lipinski definition) is 8. The highest BCUT2D eigenvalue weighted by molar-refractivity contribution is 9.10. The van der Waals surface area contributed by atoms with Crippen molar-refractivity contribution in [1.29, 1.82) is 0 Å². The molecule has 10 nitrogen and oxygen atoms in total. The molecule has 0 aliphatic carbocycles. The van der Waals surface area contributed by atoms with Gasteiger partial charge in [-0.15, -0.1) is 0 Å². The first-order valence-electron chi connectivity index (χ1n) is 12.1. The monoisotopic (exact) mass is 560 g/mol. The van der Waals surface area contributed by atoms with E-state index >= 15 is 0 Å². The molecule has 4 rings (SSSR count). The third kappa shape index (κ3) is 6.51. The van der Waals surface area contributed by atoms with Gasteiger partial charge in [-0.2, -0.15) is 0 Å². The minimum absolute atomic E-state index is 0.137. The van der Waals surface area contributed by atoms with E-state index in [0.717, 1.165) is 49.3 Å². The molecule has 0 radical (unpaired) electrons. The highest BCUT2D eigenvalue weighted by Crippen LogP contribution is 2.37. The number of aromatic nitrogens is 4. The molecular formula is C25H33BrN6O4. The number of hydrogen-bond donors (Lipinski definition) is 1. The van der Waals surface area contributed by atoms with Gasteiger partial charge in [0.15, 0.2) is 5.75 Å². The Bertz CT molecular complexity index is 1220. The van der Waals surface area contributed by atoms with E-state index < -0.39 is 11.7 Å². The molecule has 0 aromatic carbocycles. The zero-order chi connectivity index (χ0) is 25.9. The molecule has 11 heteroatoms. The number of fused-ring (bicyclic) bond motifs is 1. The summed E-state index contributed by atoms with van der Waals surface area (Å²) in [6.07, 6.45) is 4.86. The normalized spacial score (nSPS) is 14.9. The topological polar surface area (TPSA) is 104 Å². The van der Waals surface area contributed by atoms with Gasteiger partial charge in [0.05, 0.1) is 31.1 Å². The fourth-order valence-electron chi connectivity index (χ4n) is 3.97. The number of anilines is 1. The van der Waals surface area contributed by atoms with Crippen LogP contribution in [0, 0.1) is 0 Å². The third-order valence-electron chi connectivity index (χ3n) is 5.63. The van der Waals surface area contributed by atoms with Gasteiger partial charge in [0.25, 0.3) is 0 Å². The molecule has 1 N–H and O–H groups in total. The maximum Gasteiger partial charge on any atom is 0.414 e. The summed E-state index contributed by atoms with van der Waals surface area (Å²) >= 11 is 3.49. The first-order chi connectivity index (χ1) is 17.1. The zero-order valence-corrected chi connectivity index (χ0v) is 23.0. The number of morpholine rings is 1. The second-order valence-corrected chi connectivity index (χ2v) is 10.7. The van der Waals surface area contributed by atoms with Crippen LogP contribution in [0.15, 0.2) is 29.3 Å². The molecule has 4 heterocycles. The van der Waals surface area contributed by atoms with E-state index in [1.54, 1.807) is 27.0 Å². The smallest absolute Gasteiger partial charge is 0.414 e. The first-order valence-corrected chi connectivity index (χ1v) is 12.9. The number of halogens is 1. The van der Waals surface area contributed by atoms with Crippen molar-refractivity contribution in [2.45, 2.75) is 46.3 Å². The fourth-order valence-corrected chi connectivity index (χ4v) is 4.30. The standard InChI is InChI=1S/C25H33BrN6O4/c1-16(2)32-15-18(17-12-21(26)27-13-19(17)32)22-20(35-11-8-31-6-9-34-10-7-31)14-28-23(29-22)30-24(33)36-25(3,4)5/h12-16H,6-11H2,1-5H3,(H,28,29,30,33). The Morgan fingerprint density at radius 1 is 1.22 bits per heavy atom. The quantitative estimate of drug-likeness (QED) is 0.407. The molecule has 3 aromatic heterocycles. The maximum atomic E-state index is 12.4. The molecule has 0 saturated carbocycles. The summed E-state index contributed by atoms with van der Waals surface area (Å²) in [6, 6.07) is 2.17. The lowest BCUT2D eigenvalue weighted by Crippen LogP contribution is -2.38. The SMILES string of the molecule is CC(C)n1cc(-c2nc(NC(=O)OC(C)(C)C)ncc2OCCN2CCOCC2)c2cc(Br)ncc21. The summed E-state index contributed by atoms with van der Waals surface area (Å²) in [5.41, 5.74) is 1.78. The molecule has 0 spiro atoms. The Morgan fingerprint density at radius 2 is 1.97 bits per heavy atom. The van der Waals surface area contributed by atoms with E-state index in [1.165, 1.54) is 0 Å². The first kappa shape index (κ1) is 26.3. The van der Waals surface area contributed by atoms with Crippen LogP contribution in [0.2, 0.25) is 0 Å². The molecule has 194 valence electrons. The number of pyridine rings is 1. The van der Waals surface area contributed by atoms with Crippen LogP contribution in [0.3, 0.4) is 0 Å². The van der Waals surface area contributed by atoms with Gasteiger partial charge in [0, 0.05) is 42.8 Å². The molecular weight excluding hydrogens is 528 g/mol. The van der Waals surface area contributed by atoms with Crippen LogP contribution in [0.5, 0.6) is 5.75 Å². The summed E-state index contributed by atoms with van der Waals surface area (Å²) < 4.78 is 19.9. The third-order valence-corrected chi connectivity index (χ3v) is 6.07. The van der Waals surface area contributed by atoms with Crippen molar-refractivity contribution in [2.24, 2.45) is 0 Å². The molecule has 1 aliphatic rings. The highest BCUT2D eigenvalue weighted by Gasteiger charge is 2.22. The van der Waals surface area contributed by atoms with Crippen molar-refractivity contribution in [2.75, 3.05) is 44.8 Å². The molecule has 1 fully saturated rings. The van der Waals surface area contributed by atoms with E-state index in [0.29, 0.717) is 22.7 Å². The van der Waals surface area contributed by atoms with Gasteiger partial charge in [-0.3, -0.25) is 10.2 Å². The van der Waals surface area contributed by atoms with Crippen LogP contribution in [0.4, 0.5) is 10.7 Å². The van der Waals surface area contributed by atoms with E-state index in [9.17, 15) is 4.79 Å². The average molecular weight is 561 g/mol. The second-order valence-electron chi connectivity index (χ2n) is 9.90. The summed E-state index contributed by atoms with van der Waals surface area (Å²) in [6.45, 7) is 14.1. The van der Waals surface area contributed by atoms with Crippen molar-refractivity contribution < 1.29 is 19.0 Å². The van der Waals surface area contributed by atoms with Crippen LogP contribution in [0.25, 0.3) is 22.2 Å². The van der Waals surface area contributed by atoms with Crippen molar-refractivity contribution >= 4 is 38.9 Å². The number of rotatable bonds is 7. The Labute approximate surface area is 219 Å². The predicted molar refractivity (Wildman–Crippen MR) is 141 cm³/mol. The number of carbonyl (C=O) groups excluding carboxylic acids is 1. The van der Waals surface area contributed by atoms with Crippen molar-refractivity contribution in [3.8, 4) is 17.0 Å². The molecule has 36 heavy (non-hydrogen) atoms. The van der Waals surface area contributed by atoms with Crippen molar-refractivity contribution in [1.82, 2.24) is 24.4 Å². The Morgan fingerprint density at radius 3 is 2.67 bits per heavy atom. The molecule has 1 aliphatic heterocycles. The lowest BCUT2D eigenvalue weighted by molar-refractivity contribution is 0.0322. The largest absolute Gasteiger partial charge is 0.488 e. The molecule has 0 bridgehead atoms. The fraction of sp³-hybridized carbons (Fsp3) is 0.520. The number of nitrogens with zero attached hydrogens (tertiary/aromatic N) is 5. The number of carbonyl (C=O) groups is 1. The molecule has 1 saturated heterocycles. The van der Waals surface area contributed by atoms with Gasteiger partial charge in [0.2, 0.25) is 5.95 Å². The highest BCUT2D eigenvalue weighted by atomic mass is 79.9. The van der Waals surface area contributed by atoms with Crippen LogP contribution in [0.1, 0.15) is 40.7 Å². The minimum Gasteiger partial charge on any atom is -0.488 e. The molecule has 1 amide bonds. The summed E-state index contributed by atoms with van der Waals surface area (Å²) in [4.78, 5) is 28.1. The molecule has 0 unspecified atom stereocenters. The summed E-state index contributed by atoms with van der Waals surface area (Å²) in [7, 11) is 0. The van der Waals surface area contributed by atoms with E-state index in [4.69, 9.17) is 19.2 Å². The van der Waals surface area contributed by atoms with Crippen LogP contribution in [-0.4, -0.2) is 75.6 Å². The van der Waals surface area contributed by atoms with Crippen LogP contribution >= 0.6 is 15.9 Å². The lowest BCUT2D eigenvalue weighted by atomic mass is 10.1. The summed E-state index contributed by atoms with van der Waals surface area (Å²) in [5.74, 6) is 0.673. The van der Waals surface area contributed by atoms with E-state index in [1.807, 2.05) is 18.5 Å². The summed E-state index contributed by atoms with van der Waals surface area (Å²) in [5, 5.41) is 3.61. The molecule has 3 aromatic rings. The van der Waals surface area contributed by atoms with Crippen molar-refractivity contribution in [3.05, 3.63) is 29.3 Å². The van der Waals surface area contributed by atoms with Gasteiger partial charge in [-0.1, -0.05) is 0 Å². The number of nitrogens with one attached hydrogen (secondary N) is 1. The van der Waals surface area contributed by atoms with E-state index in [-0.39, 0.29) is 12.0 Å². The van der Waals surface area contributed by atoms with Gasteiger partial charge < -0.3 is 18.8 Å². The van der Waals surface area contributed by atoms with Crippen molar-refractivity contribution in [3.63, 3.8) is 0 Å². The Hall–Kier alpha value is -2.76. The predicted octanol–water partition coefficient (Wildman–Crippen LogP) is 4.89. The van der Waals surface area contributed by atoms with Gasteiger partial charge >= 0.3 is 6.09 Å². The van der Waals surface area contributed by atoms with Gasteiger partial charge in [-0.25, -0.2) is 19.7 Å². The minimum atomic E-state index is -0.639. The Kier molecular flexibility index (Phi) is 8.11. The average Bonchev–Trinajstić information content (AvgIpc) is 3.18. The van der Waals surface area contributed by atoms with Gasteiger partial charge in [0.1, 0.15) is 22.5 Å². The van der Waals surface area contributed by atoms with Crippen LogP contribution in [-0.2, 0) is 9.47 Å². The maximum absolute atomic E-state index is 12.4. The second kappa shape index (κ2) is 11.1. The van der Waals surface area contributed by atoms with Crippen LogP contribution < -0.4 is 10.1 Å².